The molecule has 150 valence electrons. The van der Waals surface area contributed by atoms with Crippen LogP contribution < -0.4 is 15.0 Å². The van der Waals surface area contributed by atoms with Crippen LogP contribution in [0, 0.1) is 0 Å². The Morgan fingerprint density at radius 2 is 1.68 bits per heavy atom. The Bertz CT molecular complexity index is 828. The molecule has 3 rings (SSSR count). The molecule has 0 amide bonds. The number of rotatable bonds is 4. The number of carbonyl (C=O) groups excluding carboxylic acids is 1. The Morgan fingerprint density at radius 1 is 1.07 bits per heavy atom. The van der Waals surface area contributed by atoms with Gasteiger partial charge in [-0.25, -0.2) is 0 Å². The second kappa shape index (κ2) is 8.00. The van der Waals surface area contributed by atoms with Gasteiger partial charge in [-0.05, 0) is 42.0 Å². The molecule has 28 heavy (non-hydrogen) atoms. The van der Waals surface area contributed by atoms with Crippen molar-refractivity contribution in [1.29, 1.82) is 0 Å². The summed E-state index contributed by atoms with van der Waals surface area (Å²) < 4.78 is 52.6. The fourth-order valence-corrected chi connectivity index (χ4v) is 3.56. The van der Waals surface area contributed by atoms with Crippen LogP contribution in [-0.2, 0) is 9.53 Å². The van der Waals surface area contributed by atoms with Crippen molar-refractivity contribution in [1.82, 2.24) is 5.32 Å². The van der Waals surface area contributed by atoms with E-state index in [1.54, 1.807) is 36.4 Å². The zero-order valence-electron chi connectivity index (χ0n) is 15.0. The Morgan fingerprint density at radius 3 is 2.18 bits per heavy atom. The van der Waals surface area contributed by atoms with E-state index in [-0.39, 0.29) is 0 Å². The average Bonchev–Trinajstić information content (AvgIpc) is 3.09. The number of nitrogens with zero attached hydrogens (tertiary/aromatic N) is 1. The Balaban J connectivity index is 2.12. The predicted octanol–water partition coefficient (Wildman–Crippen LogP) is 4.04. The van der Waals surface area contributed by atoms with Gasteiger partial charge in [0.25, 0.3) is 0 Å². The van der Waals surface area contributed by atoms with Gasteiger partial charge in [0.15, 0.2) is 6.04 Å². The van der Waals surface area contributed by atoms with Crippen LogP contribution in [0.5, 0.6) is 5.75 Å². The lowest BCUT2D eigenvalue weighted by Crippen LogP contribution is -2.51. The van der Waals surface area contributed by atoms with E-state index in [4.69, 9.17) is 4.74 Å². The summed E-state index contributed by atoms with van der Waals surface area (Å²) >= 11 is 3.32. The quantitative estimate of drug-likeness (QED) is 0.700. The number of ether oxygens (including phenoxy) is 2. The molecule has 0 spiro atoms. The van der Waals surface area contributed by atoms with Crippen molar-refractivity contribution in [3.8, 4) is 5.75 Å². The third-order valence-corrected chi connectivity index (χ3v) is 5.11. The Kier molecular flexibility index (Phi) is 5.85. The maximum absolute atomic E-state index is 14.0. The summed E-state index contributed by atoms with van der Waals surface area (Å²) in [6, 6.07) is 9.42. The van der Waals surface area contributed by atoms with E-state index >= 15 is 0 Å². The van der Waals surface area contributed by atoms with Crippen molar-refractivity contribution in [3.63, 3.8) is 0 Å². The van der Waals surface area contributed by atoms with E-state index in [2.05, 4.69) is 26.0 Å². The third kappa shape index (κ3) is 3.95. The van der Waals surface area contributed by atoms with E-state index in [1.807, 2.05) is 0 Å². The first-order valence-electron chi connectivity index (χ1n) is 8.34. The number of alkyl halides is 3. The van der Waals surface area contributed by atoms with Gasteiger partial charge in [0.2, 0.25) is 0 Å². The molecule has 1 aliphatic heterocycles. The highest BCUT2D eigenvalue weighted by Crippen LogP contribution is 2.42. The van der Waals surface area contributed by atoms with Crippen LogP contribution in [0.4, 0.5) is 18.9 Å². The molecule has 9 heteroatoms. The molecule has 2 aromatic carbocycles. The monoisotopic (exact) mass is 458 g/mol. The van der Waals surface area contributed by atoms with E-state index in [9.17, 15) is 18.0 Å². The van der Waals surface area contributed by atoms with Crippen LogP contribution in [0.3, 0.4) is 0 Å². The number of methoxy groups -OCH3 is 2. The van der Waals surface area contributed by atoms with Gasteiger partial charge >= 0.3 is 12.1 Å². The van der Waals surface area contributed by atoms with Crippen LogP contribution in [0.2, 0.25) is 0 Å². The molecule has 5 nitrogen and oxygen atoms in total. The number of benzene rings is 2. The summed E-state index contributed by atoms with van der Waals surface area (Å²) in [6.07, 6.45) is -5.55. The van der Waals surface area contributed by atoms with Crippen molar-refractivity contribution in [2.24, 2.45) is 0 Å². The van der Waals surface area contributed by atoms with Gasteiger partial charge in [0, 0.05) is 10.2 Å². The van der Waals surface area contributed by atoms with Crippen molar-refractivity contribution in [3.05, 3.63) is 58.6 Å². The number of anilines is 1. The molecular weight excluding hydrogens is 441 g/mol. The molecule has 1 heterocycles. The van der Waals surface area contributed by atoms with Crippen molar-refractivity contribution in [2.75, 3.05) is 19.1 Å². The largest absolute Gasteiger partial charge is 0.497 e. The van der Waals surface area contributed by atoms with Crippen molar-refractivity contribution < 1.29 is 27.4 Å². The number of esters is 1. The second-order valence-electron chi connectivity index (χ2n) is 6.21. The second-order valence-corrected chi connectivity index (χ2v) is 7.13. The lowest BCUT2D eigenvalue weighted by atomic mass is 10.1. The van der Waals surface area contributed by atoms with E-state index < -0.39 is 30.4 Å². The highest BCUT2D eigenvalue weighted by molar-refractivity contribution is 9.10. The van der Waals surface area contributed by atoms with E-state index in [0.29, 0.717) is 17.0 Å². The molecule has 1 fully saturated rings. The van der Waals surface area contributed by atoms with Crippen LogP contribution in [0.15, 0.2) is 53.0 Å². The molecule has 0 aliphatic carbocycles. The lowest BCUT2D eigenvalue weighted by molar-refractivity contribution is -0.164. The van der Waals surface area contributed by atoms with Gasteiger partial charge in [-0.3, -0.25) is 10.1 Å². The minimum atomic E-state index is -4.67. The van der Waals surface area contributed by atoms with E-state index in [0.717, 1.165) is 16.5 Å². The summed E-state index contributed by atoms with van der Waals surface area (Å²) in [5.74, 6) is -0.454. The molecule has 0 bridgehead atoms. The summed E-state index contributed by atoms with van der Waals surface area (Å²) in [5, 5.41) is 2.80. The summed E-state index contributed by atoms with van der Waals surface area (Å²) in [4.78, 5) is 13.3. The number of hydrogen-bond donors (Lipinski definition) is 1. The average molecular weight is 459 g/mol. The molecule has 1 N–H and O–H groups in total. The molecule has 1 saturated heterocycles. The van der Waals surface area contributed by atoms with Crippen LogP contribution in [-0.4, -0.2) is 38.4 Å². The van der Waals surface area contributed by atoms with Crippen molar-refractivity contribution >= 4 is 27.6 Å². The standard InChI is InChI=1S/C19H18BrF3N2O3/c1-27-14-9-7-13(8-10-14)25-16(19(21,22)23)15(18(26)28-2)24-17(25)11-3-5-12(20)6-4-11/h3-10,15-17,24H,1-2H3/t15-,16-,17-/m1/s1. The fourth-order valence-electron chi connectivity index (χ4n) is 3.30. The maximum atomic E-state index is 14.0. The molecule has 2 aromatic rings. The highest BCUT2D eigenvalue weighted by Gasteiger charge is 2.58. The maximum Gasteiger partial charge on any atom is 0.410 e. The Hall–Kier alpha value is -2.26. The first kappa shape index (κ1) is 20.5. The van der Waals surface area contributed by atoms with Gasteiger partial charge in [-0.2, -0.15) is 13.2 Å². The molecule has 3 atom stereocenters. The first-order chi connectivity index (χ1) is 13.3. The lowest BCUT2D eigenvalue weighted by Gasteiger charge is -2.33. The molecule has 0 radical (unpaired) electrons. The molecular formula is C19H18BrF3N2O3. The van der Waals surface area contributed by atoms with Gasteiger partial charge in [-0.15, -0.1) is 0 Å². The number of carbonyl (C=O) groups is 1. The molecule has 0 unspecified atom stereocenters. The van der Waals surface area contributed by atoms with E-state index in [1.165, 1.54) is 19.2 Å². The molecule has 1 aliphatic rings. The summed E-state index contributed by atoms with van der Waals surface area (Å²) in [5.41, 5.74) is 0.884. The fraction of sp³-hybridized carbons (Fsp3) is 0.316. The van der Waals surface area contributed by atoms with Crippen LogP contribution in [0.1, 0.15) is 11.7 Å². The third-order valence-electron chi connectivity index (χ3n) is 4.58. The Labute approximate surface area is 168 Å². The van der Waals surface area contributed by atoms with Crippen LogP contribution >= 0.6 is 15.9 Å². The van der Waals surface area contributed by atoms with Gasteiger partial charge < -0.3 is 14.4 Å². The molecule has 0 saturated carbocycles. The summed E-state index contributed by atoms with van der Waals surface area (Å²) in [6.45, 7) is 0. The number of nitrogens with one attached hydrogen (secondary N) is 1. The van der Waals surface area contributed by atoms with Crippen molar-refractivity contribution in [2.45, 2.75) is 24.4 Å². The minimum Gasteiger partial charge on any atom is -0.497 e. The zero-order chi connectivity index (χ0) is 20.5. The van der Waals surface area contributed by atoms with Gasteiger partial charge in [0.05, 0.1) is 14.2 Å². The number of hydrogen-bond acceptors (Lipinski definition) is 5. The minimum absolute atomic E-state index is 0.301. The van der Waals surface area contributed by atoms with Crippen LogP contribution in [0.25, 0.3) is 0 Å². The first-order valence-corrected chi connectivity index (χ1v) is 9.14. The SMILES string of the molecule is COC(=O)[C@@H]1N[C@@H](c2ccc(Br)cc2)N(c2ccc(OC)cc2)[C@H]1C(F)(F)F. The topological polar surface area (TPSA) is 50.8 Å². The summed E-state index contributed by atoms with van der Waals surface area (Å²) in [7, 11) is 2.55. The zero-order valence-corrected chi connectivity index (χ0v) is 16.6. The van der Waals surface area contributed by atoms with Gasteiger partial charge in [-0.1, -0.05) is 28.1 Å². The smallest absolute Gasteiger partial charge is 0.410 e. The molecule has 0 aromatic heterocycles. The number of halogens is 4. The predicted molar refractivity (Wildman–Crippen MR) is 101 cm³/mol. The van der Waals surface area contributed by atoms with Gasteiger partial charge in [0.1, 0.15) is 18.0 Å². The normalized spacial score (nSPS) is 22.2. The highest BCUT2D eigenvalue weighted by atomic mass is 79.9.